The molecule has 1 unspecified atom stereocenters. The maximum absolute atomic E-state index is 5.33. The van der Waals surface area contributed by atoms with E-state index in [0.29, 0.717) is 12.0 Å². The van der Waals surface area contributed by atoms with Gasteiger partial charge in [0.2, 0.25) is 0 Å². The number of rotatable bonds is 4. The zero-order chi connectivity index (χ0) is 10.3. The third kappa shape index (κ3) is 15.0. The average molecular weight is 245 g/mol. The molecule has 1 heterocycles. The van der Waals surface area contributed by atoms with E-state index in [2.05, 4.69) is 21.1 Å². The summed E-state index contributed by atoms with van der Waals surface area (Å²) in [5.74, 6) is 0.667. The van der Waals surface area contributed by atoms with Gasteiger partial charge in [-0.05, 0) is 6.54 Å². The van der Waals surface area contributed by atoms with Crippen LogP contribution >= 0.6 is 11.6 Å². The molecule has 1 saturated heterocycles. The van der Waals surface area contributed by atoms with E-state index in [9.17, 15) is 0 Å². The van der Waals surface area contributed by atoms with Gasteiger partial charge in [0.25, 0.3) is 0 Å². The van der Waals surface area contributed by atoms with E-state index >= 15 is 0 Å². The van der Waals surface area contributed by atoms with Crippen molar-refractivity contribution in [3.8, 4) is 0 Å². The molecule has 1 atom stereocenters. The van der Waals surface area contributed by atoms with Crippen LogP contribution in [-0.2, 0) is 4.74 Å². The highest BCUT2D eigenvalue weighted by Gasteiger charge is 2.19. The van der Waals surface area contributed by atoms with Crippen LogP contribution in [0, 0.1) is 0 Å². The third-order valence-corrected chi connectivity index (χ3v) is 1.95. The van der Waals surface area contributed by atoms with Gasteiger partial charge in [-0.1, -0.05) is 0 Å². The highest BCUT2D eigenvalue weighted by molar-refractivity contribution is 6.18. The molecule has 0 bridgehead atoms. The third-order valence-electron chi connectivity index (χ3n) is 1.61. The van der Waals surface area contributed by atoms with Crippen molar-refractivity contribution in [1.82, 2.24) is 0 Å². The Morgan fingerprint density at radius 3 is 2.00 bits per heavy atom. The van der Waals surface area contributed by atoms with Crippen molar-refractivity contribution < 1.29 is 21.6 Å². The number of quaternary nitrogens is 1. The molecular weight excluding hydrogens is 223 g/mol. The number of hydrogen-bond donors (Lipinski definition) is 1. The molecule has 88 valence electrons. The van der Waals surface area contributed by atoms with Gasteiger partial charge < -0.3 is 27.4 Å². The first-order valence-electron chi connectivity index (χ1n) is 4.67. The molecule has 2 N–H and O–H groups in total. The molecular formula is C9H22Cl2N2O. The molecule has 1 fully saturated rings. The van der Waals surface area contributed by atoms with Crippen LogP contribution in [-0.4, -0.2) is 57.3 Å². The van der Waals surface area contributed by atoms with Gasteiger partial charge in [-0.15, -0.1) is 11.6 Å². The van der Waals surface area contributed by atoms with E-state index in [1.165, 1.54) is 6.54 Å². The summed E-state index contributed by atoms with van der Waals surface area (Å²) >= 11 is 5.27. The monoisotopic (exact) mass is 244 g/mol. The molecule has 1 rings (SSSR count). The first-order valence-corrected chi connectivity index (χ1v) is 5.21. The fourth-order valence-corrected chi connectivity index (χ4v) is 0.901. The molecule has 3 nitrogen and oxygen atoms in total. The summed E-state index contributed by atoms with van der Waals surface area (Å²) in [6.45, 7) is 2.87. The summed E-state index contributed by atoms with van der Waals surface area (Å²) in [6, 6.07) is 0. The van der Waals surface area contributed by atoms with Crippen molar-refractivity contribution in [2.75, 3.05) is 46.7 Å². The van der Waals surface area contributed by atoms with Crippen LogP contribution in [0.2, 0.25) is 0 Å². The second kappa shape index (κ2) is 8.74. The van der Waals surface area contributed by atoms with Gasteiger partial charge in [0.15, 0.2) is 0 Å². The van der Waals surface area contributed by atoms with Crippen LogP contribution in [0.15, 0.2) is 0 Å². The molecule has 0 radical (unpaired) electrons. The molecule has 14 heavy (non-hydrogen) atoms. The summed E-state index contributed by atoms with van der Waals surface area (Å²) in [6.07, 6.45) is 1.53. The minimum absolute atomic E-state index is 0. The van der Waals surface area contributed by atoms with E-state index in [-0.39, 0.29) is 12.4 Å². The van der Waals surface area contributed by atoms with Crippen molar-refractivity contribution in [2.24, 2.45) is 5.73 Å². The van der Waals surface area contributed by atoms with E-state index in [1.54, 1.807) is 0 Å². The number of ether oxygens (including phenoxy) is 1. The van der Waals surface area contributed by atoms with Crippen molar-refractivity contribution in [3.05, 3.63) is 0 Å². The Labute approximate surface area is 98.5 Å². The van der Waals surface area contributed by atoms with Gasteiger partial charge >= 0.3 is 0 Å². The quantitative estimate of drug-likeness (QED) is 0.343. The summed E-state index contributed by atoms with van der Waals surface area (Å²) in [5, 5.41) is 0. The molecule has 0 aromatic carbocycles. The first-order chi connectivity index (χ1) is 5.99. The van der Waals surface area contributed by atoms with Gasteiger partial charge in [0.1, 0.15) is 0 Å². The first kappa shape index (κ1) is 16.9. The van der Waals surface area contributed by atoms with Crippen LogP contribution in [0.3, 0.4) is 0 Å². The van der Waals surface area contributed by atoms with Crippen molar-refractivity contribution in [1.29, 1.82) is 0 Å². The van der Waals surface area contributed by atoms with E-state index in [0.717, 1.165) is 24.1 Å². The highest BCUT2D eigenvalue weighted by Crippen LogP contribution is 2.08. The lowest BCUT2D eigenvalue weighted by Gasteiger charge is -2.23. The van der Waals surface area contributed by atoms with Gasteiger partial charge in [0.05, 0.1) is 46.3 Å². The number of alkyl halides is 1. The number of epoxide rings is 1. The molecule has 5 heteroatoms. The molecule has 0 saturated carbocycles. The number of halogens is 2. The predicted octanol–water partition coefficient (Wildman–Crippen LogP) is -2.33. The minimum Gasteiger partial charge on any atom is -1.00 e. The zero-order valence-electron chi connectivity index (χ0n) is 9.30. The Bertz CT molecular complexity index is 124. The molecule has 0 spiro atoms. The molecule has 0 aliphatic carbocycles. The standard InChI is InChI=1S/C6H17N2.C3H5ClO.ClH/c1-8(2,3)6-4-5-7;4-1-3-2-5-3;/h4-7H2,1-3H3;3H,1-2H2;1H/q+1;;/p-1. The van der Waals surface area contributed by atoms with Crippen LogP contribution in [0.4, 0.5) is 0 Å². The maximum atomic E-state index is 5.33. The lowest BCUT2D eigenvalue weighted by Crippen LogP contribution is -3.00. The molecule has 1 aliphatic rings. The SMILES string of the molecule is C[N+](C)(C)CCCN.ClCC1CO1.[Cl-]. The Hall–Kier alpha value is 0.460. The van der Waals surface area contributed by atoms with Gasteiger partial charge in [-0.3, -0.25) is 0 Å². The van der Waals surface area contributed by atoms with Crippen LogP contribution in [0.25, 0.3) is 0 Å². The second-order valence-electron chi connectivity index (χ2n) is 4.27. The minimum atomic E-state index is 0. The van der Waals surface area contributed by atoms with Crippen LogP contribution in [0.1, 0.15) is 6.42 Å². The van der Waals surface area contributed by atoms with Crippen LogP contribution in [0.5, 0.6) is 0 Å². The smallest absolute Gasteiger partial charge is 0.0944 e. The van der Waals surface area contributed by atoms with E-state index in [1.807, 2.05) is 0 Å². The van der Waals surface area contributed by atoms with Gasteiger partial charge in [0, 0.05) is 6.42 Å². The molecule has 0 aromatic rings. The number of nitrogens with two attached hydrogens (primary N) is 1. The van der Waals surface area contributed by atoms with E-state index < -0.39 is 0 Å². The largest absolute Gasteiger partial charge is 1.00 e. The summed E-state index contributed by atoms with van der Waals surface area (Å²) in [5.41, 5.74) is 5.33. The second-order valence-corrected chi connectivity index (χ2v) is 4.57. The topological polar surface area (TPSA) is 38.5 Å². The fourth-order valence-electron chi connectivity index (χ4n) is 0.723. The van der Waals surface area contributed by atoms with Crippen molar-refractivity contribution >= 4 is 11.6 Å². The predicted molar refractivity (Wildman–Crippen MR) is 57.0 cm³/mol. The van der Waals surface area contributed by atoms with Crippen molar-refractivity contribution in [2.45, 2.75) is 12.5 Å². The Morgan fingerprint density at radius 1 is 1.43 bits per heavy atom. The molecule has 1 aliphatic heterocycles. The summed E-state index contributed by atoms with van der Waals surface area (Å²) in [7, 11) is 6.53. The summed E-state index contributed by atoms with van der Waals surface area (Å²) in [4.78, 5) is 0. The van der Waals surface area contributed by atoms with Gasteiger partial charge in [-0.2, -0.15) is 0 Å². The highest BCUT2D eigenvalue weighted by atomic mass is 35.5. The zero-order valence-corrected chi connectivity index (χ0v) is 10.8. The van der Waals surface area contributed by atoms with E-state index in [4.69, 9.17) is 22.1 Å². The number of hydrogen-bond acceptors (Lipinski definition) is 2. The molecule has 0 amide bonds. The normalized spacial score (nSPS) is 19.1. The number of nitrogens with zero attached hydrogens (tertiary/aromatic N) is 1. The lowest BCUT2D eigenvalue weighted by atomic mass is 10.4. The van der Waals surface area contributed by atoms with Crippen LogP contribution < -0.4 is 18.1 Å². The van der Waals surface area contributed by atoms with Gasteiger partial charge in [-0.25, -0.2) is 0 Å². The maximum Gasteiger partial charge on any atom is 0.0944 e. The van der Waals surface area contributed by atoms with Crippen molar-refractivity contribution in [3.63, 3.8) is 0 Å². The molecule has 0 aromatic heterocycles. The fraction of sp³-hybridized carbons (Fsp3) is 1.00. The Kier molecular flexibility index (Phi) is 10.5. The lowest BCUT2D eigenvalue weighted by molar-refractivity contribution is -0.870. The average Bonchev–Trinajstić information content (AvgIpc) is 2.83. The Morgan fingerprint density at radius 2 is 1.93 bits per heavy atom. The Balaban J connectivity index is 0. The summed E-state index contributed by atoms with van der Waals surface area (Å²) < 4.78 is 5.75.